The van der Waals surface area contributed by atoms with Crippen LogP contribution in [0.5, 0.6) is 0 Å². The molecule has 1 atom stereocenters. The monoisotopic (exact) mass is 466 g/mol. The molecule has 8 heteroatoms. The highest BCUT2D eigenvalue weighted by Crippen LogP contribution is 2.31. The van der Waals surface area contributed by atoms with Crippen LogP contribution >= 0.6 is 23.2 Å². The van der Waals surface area contributed by atoms with Gasteiger partial charge in [-0.1, -0.05) is 47.5 Å². The lowest BCUT2D eigenvalue weighted by Crippen LogP contribution is -2.48. The zero-order valence-electron chi connectivity index (χ0n) is 16.6. The summed E-state index contributed by atoms with van der Waals surface area (Å²) in [6.07, 6.45) is 3.27. The van der Waals surface area contributed by atoms with Crippen molar-refractivity contribution in [1.82, 2.24) is 4.31 Å². The predicted octanol–water partition coefficient (Wildman–Crippen LogP) is 4.51. The van der Waals surface area contributed by atoms with Gasteiger partial charge in [-0.2, -0.15) is 0 Å². The zero-order valence-corrected chi connectivity index (χ0v) is 18.9. The number of hydrogen-bond donors (Lipinski definition) is 0. The van der Waals surface area contributed by atoms with Crippen molar-refractivity contribution < 1.29 is 13.2 Å². The summed E-state index contributed by atoms with van der Waals surface area (Å²) in [4.78, 5) is 15.1. The number of rotatable bonds is 4. The minimum atomic E-state index is -3.56. The first-order valence-electron chi connectivity index (χ1n) is 10.2. The third-order valence-electron chi connectivity index (χ3n) is 5.84. The number of fused-ring (bicyclic) bond motifs is 1. The van der Waals surface area contributed by atoms with Crippen LogP contribution in [-0.2, 0) is 27.0 Å². The molecule has 2 aromatic carbocycles. The third kappa shape index (κ3) is 4.52. The molecule has 30 heavy (non-hydrogen) atoms. The molecule has 4 rings (SSSR count). The molecule has 0 spiro atoms. The van der Waals surface area contributed by atoms with Gasteiger partial charge in [-0.05, 0) is 55.0 Å². The van der Waals surface area contributed by atoms with Gasteiger partial charge >= 0.3 is 0 Å². The number of nitrogens with zero attached hydrogens (tertiary/aromatic N) is 2. The molecule has 2 heterocycles. The fourth-order valence-corrected chi connectivity index (χ4v) is 6.23. The molecule has 2 aliphatic heterocycles. The van der Waals surface area contributed by atoms with E-state index in [4.69, 9.17) is 23.2 Å². The SMILES string of the molecule is O=C([C@@H]1CCCN(S(=O)(=O)Cc2ccc(Cl)c(Cl)c2)C1)N1CCCc2ccccc21. The summed E-state index contributed by atoms with van der Waals surface area (Å²) in [5, 5.41) is 0.725. The van der Waals surface area contributed by atoms with Crippen molar-refractivity contribution in [3.8, 4) is 0 Å². The van der Waals surface area contributed by atoms with Crippen LogP contribution in [0.3, 0.4) is 0 Å². The Kier molecular flexibility index (Phi) is 6.39. The van der Waals surface area contributed by atoms with Crippen LogP contribution < -0.4 is 4.90 Å². The first-order chi connectivity index (χ1) is 14.3. The Morgan fingerprint density at radius 2 is 1.83 bits per heavy atom. The Morgan fingerprint density at radius 3 is 2.63 bits per heavy atom. The molecule has 0 radical (unpaired) electrons. The van der Waals surface area contributed by atoms with Crippen molar-refractivity contribution in [1.29, 1.82) is 0 Å². The molecule has 160 valence electrons. The van der Waals surface area contributed by atoms with Gasteiger partial charge in [-0.25, -0.2) is 12.7 Å². The summed E-state index contributed by atoms with van der Waals surface area (Å²) in [6, 6.07) is 12.8. The maximum atomic E-state index is 13.3. The minimum Gasteiger partial charge on any atom is -0.312 e. The Hall–Kier alpha value is -1.60. The van der Waals surface area contributed by atoms with Gasteiger partial charge in [0.15, 0.2) is 0 Å². The Morgan fingerprint density at radius 1 is 1.03 bits per heavy atom. The molecular weight excluding hydrogens is 443 g/mol. The van der Waals surface area contributed by atoms with Crippen LogP contribution in [0.1, 0.15) is 30.4 Å². The Labute approximate surface area is 187 Å². The number of aryl methyl sites for hydroxylation is 1. The lowest BCUT2D eigenvalue weighted by atomic mass is 9.95. The summed E-state index contributed by atoms with van der Waals surface area (Å²) in [6.45, 7) is 1.34. The Balaban J connectivity index is 1.49. The van der Waals surface area contributed by atoms with Gasteiger partial charge < -0.3 is 4.90 Å². The van der Waals surface area contributed by atoms with Crippen molar-refractivity contribution in [3.05, 3.63) is 63.6 Å². The lowest BCUT2D eigenvalue weighted by Gasteiger charge is -2.36. The molecule has 2 aliphatic rings. The molecule has 0 aliphatic carbocycles. The normalized spacial score (nSPS) is 20.1. The standard InChI is InChI=1S/C22H24Cl2N2O3S/c23-19-10-9-16(13-20(19)24)15-30(28,29)25-11-3-7-18(14-25)22(27)26-12-4-6-17-5-1-2-8-21(17)26/h1-2,5,8-10,13,18H,3-4,6-7,11-12,14-15H2/t18-/m1/s1. The van der Waals surface area contributed by atoms with E-state index in [9.17, 15) is 13.2 Å². The number of piperidine rings is 1. The number of anilines is 1. The first-order valence-corrected chi connectivity index (χ1v) is 12.5. The number of benzene rings is 2. The number of halogens is 2. The highest BCUT2D eigenvalue weighted by atomic mass is 35.5. The number of hydrogen-bond acceptors (Lipinski definition) is 3. The number of carbonyl (C=O) groups is 1. The summed E-state index contributed by atoms with van der Waals surface area (Å²) >= 11 is 12.0. The molecule has 2 aromatic rings. The molecule has 0 saturated carbocycles. The van der Waals surface area contributed by atoms with E-state index in [2.05, 4.69) is 6.07 Å². The van der Waals surface area contributed by atoms with E-state index < -0.39 is 10.0 Å². The highest BCUT2D eigenvalue weighted by Gasteiger charge is 2.35. The molecule has 1 saturated heterocycles. The van der Waals surface area contributed by atoms with Gasteiger partial charge in [0.2, 0.25) is 15.9 Å². The van der Waals surface area contributed by atoms with Crippen molar-refractivity contribution in [2.75, 3.05) is 24.5 Å². The average molecular weight is 467 g/mol. The van der Waals surface area contributed by atoms with Crippen molar-refractivity contribution in [3.63, 3.8) is 0 Å². The molecule has 5 nitrogen and oxygen atoms in total. The summed E-state index contributed by atoms with van der Waals surface area (Å²) in [7, 11) is -3.56. The minimum absolute atomic E-state index is 0.0246. The maximum Gasteiger partial charge on any atom is 0.231 e. The number of para-hydroxylation sites is 1. The summed E-state index contributed by atoms with van der Waals surface area (Å²) < 4.78 is 27.5. The van der Waals surface area contributed by atoms with Crippen LogP contribution in [-0.4, -0.2) is 38.3 Å². The van der Waals surface area contributed by atoms with Crippen LogP contribution in [0.25, 0.3) is 0 Å². The second-order valence-corrected chi connectivity index (χ2v) is 10.7. The van der Waals surface area contributed by atoms with Crippen molar-refractivity contribution in [2.24, 2.45) is 5.92 Å². The summed E-state index contributed by atoms with van der Waals surface area (Å²) in [5.41, 5.74) is 2.73. The molecule has 0 aromatic heterocycles. The molecule has 1 amide bonds. The zero-order chi connectivity index (χ0) is 21.3. The van der Waals surface area contributed by atoms with E-state index in [0.29, 0.717) is 41.5 Å². The Bertz CT molecular complexity index is 1060. The smallest absolute Gasteiger partial charge is 0.231 e. The number of sulfonamides is 1. The van der Waals surface area contributed by atoms with E-state index >= 15 is 0 Å². The second kappa shape index (κ2) is 8.87. The number of amides is 1. The average Bonchev–Trinajstić information content (AvgIpc) is 2.75. The van der Waals surface area contributed by atoms with E-state index in [0.717, 1.165) is 18.5 Å². The largest absolute Gasteiger partial charge is 0.312 e. The van der Waals surface area contributed by atoms with Gasteiger partial charge in [0.25, 0.3) is 0 Å². The molecule has 0 bridgehead atoms. The molecule has 1 fully saturated rings. The summed E-state index contributed by atoms with van der Waals surface area (Å²) in [5.74, 6) is -0.456. The van der Waals surface area contributed by atoms with Gasteiger partial charge in [0, 0.05) is 25.3 Å². The quantitative estimate of drug-likeness (QED) is 0.665. The van der Waals surface area contributed by atoms with Crippen molar-refractivity contribution in [2.45, 2.75) is 31.4 Å². The van der Waals surface area contributed by atoms with Crippen molar-refractivity contribution >= 4 is 44.8 Å². The van der Waals surface area contributed by atoms with Crippen LogP contribution in [0.15, 0.2) is 42.5 Å². The number of carbonyl (C=O) groups excluding carboxylic acids is 1. The van der Waals surface area contributed by atoms with Crippen LogP contribution in [0, 0.1) is 5.92 Å². The van der Waals surface area contributed by atoms with E-state index in [1.54, 1.807) is 18.2 Å². The molecular formula is C22H24Cl2N2O3S. The maximum absolute atomic E-state index is 13.3. The van der Waals surface area contributed by atoms with Gasteiger partial charge in [-0.3, -0.25) is 4.79 Å². The van der Waals surface area contributed by atoms with Crippen LogP contribution in [0.2, 0.25) is 10.0 Å². The fourth-order valence-electron chi connectivity index (χ4n) is 4.31. The van der Waals surface area contributed by atoms with E-state index in [1.165, 1.54) is 9.87 Å². The molecule has 0 N–H and O–H groups in total. The van der Waals surface area contributed by atoms with Gasteiger partial charge in [0.1, 0.15) is 0 Å². The highest BCUT2D eigenvalue weighted by molar-refractivity contribution is 7.88. The third-order valence-corrected chi connectivity index (χ3v) is 8.39. The fraction of sp³-hybridized carbons (Fsp3) is 0.409. The van der Waals surface area contributed by atoms with E-state index in [-0.39, 0.29) is 24.1 Å². The van der Waals surface area contributed by atoms with Gasteiger partial charge in [0.05, 0.1) is 21.7 Å². The first kappa shape index (κ1) is 21.6. The van der Waals surface area contributed by atoms with Gasteiger partial charge in [-0.15, -0.1) is 0 Å². The van der Waals surface area contributed by atoms with Crippen LogP contribution in [0.4, 0.5) is 5.69 Å². The molecule has 0 unspecified atom stereocenters. The van der Waals surface area contributed by atoms with E-state index in [1.807, 2.05) is 23.1 Å². The lowest BCUT2D eigenvalue weighted by molar-refractivity contribution is -0.123. The topological polar surface area (TPSA) is 57.7 Å². The second-order valence-electron chi connectivity index (χ2n) is 7.92. The predicted molar refractivity (Wildman–Crippen MR) is 120 cm³/mol.